The molecule has 1 aromatic carbocycles. The average molecular weight is 237 g/mol. The van der Waals surface area contributed by atoms with Gasteiger partial charge in [-0.1, -0.05) is 0 Å². The minimum Gasteiger partial charge on any atom is -0.392 e. The third kappa shape index (κ3) is 3.37. The summed E-state index contributed by atoms with van der Waals surface area (Å²) in [4.78, 5) is 0. The quantitative estimate of drug-likeness (QED) is 0.792. The van der Waals surface area contributed by atoms with Gasteiger partial charge in [-0.2, -0.15) is 13.2 Å². The smallest absolute Gasteiger partial charge is 0.392 e. The van der Waals surface area contributed by atoms with Crippen LogP contribution in [0.2, 0.25) is 0 Å². The number of aliphatic hydroxyl groups is 1. The Morgan fingerprint density at radius 2 is 2.00 bits per heavy atom. The van der Waals surface area contributed by atoms with Crippen LogP contribution in [-0.2, 0) is 6.18 Å². The zero-order chi connectivity index (χ0) is 12.3. The molecule has 1 rings (SSSR count). The number of nitrogens with one attached hydrogen (secondary N) is 1. The first kappa shape index (κ1) is 12.8. The van der Waals surface area contributed by atoms with E-state index in [1.165, 1.54) is 6.92 Å². The monoisotopic (exact) mass is 237 g/mol. The van der Waals surface area contributed by atoms with Gasteiger partial charge in [0.1, 0.15) is 5.82 Å². The first-order valence-electron chi connectivity index (χ1n) is 4.59. The van der Waals surface area contributed by atoms with Crippen molar-refractivity contribution >= 4 is 5.69 Å². The lowest BCUT2D eigenvalue weighted by Crippen LogP contribution is -2.16. The minimum atomic E-state index is -4.50. The Kier molecular flexibility index (Phi) is 3.74. The largest absolute Gasteiger partial charge is 0.416 e. The molecule has 0 amide bonds. The second kappa shape index (κ2) is 4.69. The van der Waals surface area contributed by atoms with Crippen molar-refractivity contribution in [3.05, 3.63) is 29.6 Å². The van der Waals surface area contributed by atoms with Crippen LogP contribution >= 0.6 is 0 Å². The molecule has 0 aromatic heterocycles. The van der Waals surface area contributed by atoms with Gasteiger partial charge in [0, 0.05) is 6.54 Å². The highest BCUT2D eigenvalue weighted by molar-refractivity contribution is 5.48. The van der Waals surface area contributed by atoms with Crippen LogP contribution < -0.4 is 5.32 Å². The van der Waals surface area contributed by atoms with Crippen molar-refractivity contribution in [1.82, 2.24) is 0 Å². The lowest BCUT2D eigenvalue weighted by molar-refractivity contribution is -0.137. The first-order valence-corrected chi connectivity index (χ1v) is 4.59. The third-order valence-electron chi connectivity index (χ3n) is 1.88. The summed E-state index contributed by atoms with van der Waals surface area (Å²) in [5.41, 5.74) is -1.20. The predicted molar refractivity (Wildman–Crippen MR) is 51.6 cm³/mol. The molecular formula is C10H11F4NO. The van der Waals surface area contributed by atoms with Gasteiger partial charge in [-0.15, -0.1) is 0 Å². The van der Waals surface area contributed by atoms with E-state index in [1.807, 2.05) is 0 Å². The van der Waals surface area contributed by atoms with E-state index < -0.39 is 23.7 Å². The number of anilines is 1. The van der Waals surface area contributed by atoms with Crippen LogP contribution in [0.25, 0.3) is 0 Å². The third-order valence-corrected chi connectivity index (χ3v) is 1.88. The number of alkyl halides is 3. The van der Waals surface area contributed by atoms with Gasteiger partial charge in [-0.25, -0.2) is 4.39 Å². The highest BCUT2D eigenvalue weighted by Crippen LogP contribution is 2.31. The van der Waals surface area contributed by atoms with E-state index in [-0.39, 0.29) is 12.2 Å². The van der Waals surface area contributed by atoms with Crippen molar-refractivity contribution in [1.29, 1.82) is 0 Å². The van der Waals surface area contributed by atoms with Crippen LogP contribution in [0.1, 0.15) is 12.5 Å². The Labute approximate surface area is 89.9 Å². The number of benzene rings is 1. The summed E-state index contributed by atoms with van der Waals surface area (Å²) in [7, 11) is 0. The molecule has 1 aromatic rings. The van der Waals surface area contributed by atoms with Crippen molar-refractivity contribution in [3.8, 4) is 0 Å². The Hall–Kier alpha value is -1.30. The minimum absolute atomic E-state index is 0.0156. The van der Waals surface area contributed by atoms with Crippen molar-refractivity contribution in [3.63, 3.8) is 0 Å². The molecule has 6 heteroatoms. The van der Waals surface area contributed by atoms with Gasteiger partial charge in [-0.05, 0) is 25.1 Å². The molecule has 0 aliphatic carbocycles. The van der Waals surface area contributed by atoms with E-state index >= 15 is 0 Å². The summed E-state index contributed by atoms with van der Waals surface area (Å²) in [6.07, 6.45) is -5.27. The standard InChI is InChI=1S/C10H11F4NO/c1-6(16)5-15-9-4-7(10(12,13)14)2-3-8(9)11/h2-4,6,15-16H,5H2,1H3. The molecule has 0 saturated heterocycles. The highest BCUT2D eigenvalue weighted by atomic mass is 19.4. The van der Waals surface area contributed by atoms with E-state index in [0.717, 1.165) is 6.07 Å². The fraction of sp³-hybridized carbons (Fsp3) is 0.400. The molecular weight excluding hydrogens is 226 g/mol. The Morgan fingerprint density at radius 3 is 2.50 bits per heavy atom. The van der Waals surface area contributed by atoms with Crippen LogP contribution in [0.4, 0.5) is 23.2 Å². The van der Waals surface area contributed by atoms with Crippen molar-refractivity contribution < 1.29 is 22.7 Å². The predicted octanol–water partition coefficient (Wildman–Crippen LogP) is 2.64. The van der Waals surface area contributed by atoms with Gasteiger partial charge in [-0.3, -0.25) is 0 Å². The maximum Gasteiger partial charge on any atom is 0.416 e. The molecule has 0 aliphatic rings. The maximum absolute atomic E-state index is 13.1. The zero-order valence-corrected chi connectivity index (χ0v) is 8.48. The van der Waals surface area contributed by atoms with Crippen molar-refractivity contribution in [2.75, 3.05) is 11.9 Å². The second-order valence-electron chi connectivity index (χ2n) is 3.42. The highest BCUT2D eigenvalue weighted by Gasteiger charge is 2.31. The Balaban J connectivity index is 2.91. The molecule has 0 saturated carbocycles. The first-order chi connectivity index (χ1) is 7.30. The molecule has 2 nitrogen and oxygen atoms in total. The SMILES string of the molecule is CC(O)CNc1cc(C(F)(F)F)ccc1F. The van der Waals surface area contributed by atoms with Crippen LogP contribution in [0, 0.1) is 5.82 Å². The zero-order valence-electron chi connectivity index (χ0n) is 8.48. The number of hydrogen-bond acceptors (Lipinski definition) is 2. The van der Waals surface area contributed by atoms with Crippen molar-refractivity contribution in [2.45, 2.75) is 19.2 Å². The molecule has 0 heterocycles. The Bertz CT molecular complexity index is 362. The molecule has 2 N–H and O–H groups in total. The van der Waals surface area contributed by atoms with Gasteiger partial charge in [0.2, 0.25) is 0 Å². The molecule has 0 fully saturated rings. The fourth-order valence-electron chi connectivity index (χ4n) is 1.09. The number of aliphatic hydroxyl groups excluding tert-OH is 1. The summed E-state index contributed by atoms with van der Waals surface area (Å²) < 4.78 is 50.0. The number of rotatable bonds is 3. The van der Waals surface area contributed by atoms with Crippen LogP contribution in [0.3, 0.4) is 0 Å². The second-order valence-corrected chi connectivity index (χ2v) is 3.42. The van der Waals surface area contributed by atoms with Gasteiger partial charge < -0.3 is 10.4 Å². The molecule has 0 spiro atoms. The Morgan fingerprint density at radius 1 is 1.38 bits per heavy atom. The summed E-state index contributed by atoms with van der Waals surface area (Å²) in [5.74, 6) is -0.784. The normalized spacial score (nSPS) is 13.6. The van der Waals surface area contributed by atoms with Crippen molar-refractivity contribution in [2.24, 2.45) is 0 Å². The van der Waals surface area contributed by atoms with Gasteiger partial charge in [0.15, 0.2) is 0 Å². The topological polar surface area (TPSA) is 32.3 Å². The molecule has 0 radical (unpaired) electrons. The molecule has 1 unspecified atom stereocenters. The molecule has 0 aliphatic heterocycles. The van der Waals surface area contributed by atoms with Crippen LogP contribution in [0.15, 0.2) is 18.2 Å². The van der Waals surface area contributed by atoms with E-state index in [4.69, 9.17) is 5.11 Å². The molecule has 0 bridgehead atoms. The summed E-state index contributed by atoms with van der Waals surface area (Å²) >= 11 is 0. The summed E-state index contributed by atoms with van der Waals surface area (Å²) in [6.45, 7) is 1.43. The van der Waals surface area contributed by atoms with Gasteiger partial charge in [0.25, 0.3) is 0 Å². The number of halogens is 4. The summed E-state index contributed by atoms with van der Waals surface area (Å²) in [5, 5.41) is 11.3. The average Bonchev–Trinajstić information content (AvgIpc) is 2.14. The fourth-order valence-corrected chi connectivity index (χ4v) is 1.09. The van der Waals surface area contributed by atoms with E-state index in [2.05, 4.69) is 5.32 Å². The van der Waals surface area contributed by atoms with E-state index in [1.54, 1.807) is 0 Å². The lowest BCUT2D eigenvalue weighted by Gasteiger charge is -2.12. The lowest BCUT2D eigenvalue weighted by atomic mass is 10.2. The maximum atomic E-state index is 13.1. The molecule has 1 atom stereocenters. The van der Waals surface area contributed by atoms with Crippen LogP contribution in [-0.4, -0.2) is 17.8 Å². The number of hydrogen-bond donors (Lipinski definition) is 2. The summed E-state index contributed by atoms with van der Waals surface area (Å²) in [6, 6.07) is 2.09. The van der Waals surface area contributed by atoms with Gasteiger partial charge >= 0.3 is 6.18 Å². The molecule has 16 heavy (non-hydrogen) atoms. The van der Waals surface area contributed by atoms with Gasteiger partial charge in [0.05, 0.1) is 17.4 Å². The molecule has 90 valence electrons. The van der Waals surface area contributed by atoms with E-state index in [0.29, 0.717) is 12.1 Å². The van der Waals surface area contributed by atoms with Crippen LogP contribution in [0.5, 0.6) is 0 Å². The van der Waals surface area contributed by atoms with E-state index in [9.17, 15) is 17.6 Å².